The molecule has 1 amide bonds. The molecule has 0 spiro atoms. The summed E-state index contributed by atoms with van der Waals surface area (Å²) in [5.74, 6) is -0.554. The van der Waals surface area contributed by atoms with E-state index in [0.717, 1.165) is 5.39 Å². The highest BCUT2D eigenvalue weighted by Gasteiger charge is 2.41. The Kier molecular flexibility index (Phi) is 3.85. The van der Waals surface area contributed by atoms with Crippen LogP contribution in [0.5, 0.6) is 0 Å². The number of amides is 1. The zero-order valence-corrected chi connectivity index (χ0v) is 12.4. The molecule has 0 aliphatic carbocycles. The van der Waals surface area contributed by atoms with E-state index < -0.39 is 12.0 Å². The van der Waals surface area contributed by atoms with Gasteiger partial charge in [0, 0.05) is 25.5 Å². The van der Waals surface area contributed by atoms with Crippen molar-refractivity contribution in [3.05, 3.63) is 36.1 Å². The topological polar surface area (TPSA) is 69.0 Å². The predicted octanol–water partition coefficient (Wildman–Crippen LogP) is 1.84. The molecule has 3 rings (SSSR count). The lowest BCUT2D eigenvalue weighted by Crippen LogP contribution is -2.41. The third-order valence-corrected chi connectivity index (χ3v) is 3.97. The van der Waals surface area contributed by atoms with Gasteiger partial charge < -0.3 is 18.8 Å². The van der Waals surface area contributed by atoms with Gasteiger partial charge >= 0.3 is 5.97 Å². The number of carbonyl (C=O) groups is 2. The third-order valence-electron chi connectivity index (χ3n) is 3.97. The molecule has 0 unspecified atom stereocenters. The summed E-state index contributed by atoms with van der Waals surface area (Å²) < 4.78 is 15.7. The van der Waals surface area contributed by atoms with Gasteiger partial charge in [-0.1, -0.05) is 18.2 Å². The van der Waals surface area contributed by atoms with Crippen LogP contribution in [0, 0.1) is 0 Å². The van der Waals surface area contributed by atoms with Gasteiger partial charge in [0.05, 0.1) is 13.2 Å². The van der Waals surface area contributed by atoms with Gasteiger partial charge in [-0.3, -0.25) is 4.79 Å². The SMILES string of the molecule is COC(=O)[C@H]1C[C@H](OC)CN1C(=O)c1cc2ccccc2o1. The lowest BCUT2D eigenvalue weighted by atomic mass is 10.2. The van der Waals surface area contributed by atoms with E-state index in [1.807, 2.05) is 18.2 Å². The number of rotatable bonds is 3. The minimum absolute atomic E-state index is 0.183. The van der Waals surface area contributed by atoms with Crippen molar-refractivity contribution in [2.45, 2.75) is 18.6 Å². The first kappa shape index (κ1) is 14.6. The molecule has 1 saturated heterocycles. The van der Waals surface area contributed by atoms with Crippen molar-refractivity contribution in [2.75, 3.05) is 20.8 Å². The fraction of sp³-hybridized carbons (Fsp3) is 0.375. The molecule has 0 N–H and O–H groups in total. The molecule has 1 aromatic carbocycles. The van der Waals surface area contributed by atoms with E-state index >= 15 is 0 Å². The van der Waals surface area contributed by atoms with E-state index in [0.29, 0.717) is 18.5 Å². The van der Waals surface area contributed by atoms with Crippen molar-refractivity contribution in [3.63, 3.8) is 0 Å². The Balaban J connectivity index is 1.90. The molecule has 0 radical (unpaired) electrons. The molecular formula is C16H17NO5. The van der Waals surface area contributed by atoms with Crippen molar-refractivity contribution in [1.82, 2.24) is 4.90 Å². The number of hydrogen-bond donors (Lipinski definition) is 0. The smallest absolute Gasteiger partial charge is 0.328 e. The van der Waals surface area contributed by atoms with Crippen molar-refractivity contribution in [2.24, 2.45) is 0 Å². The molecule has 116 valence electrons. The van der Waals surface area contributed by atoms with Gasteiger partial charge in [0.25, 0.3) is 5.91 Å². The molecule has 2 aromatic rings. The first-order valence-electron chi connectivity index (χ1n) is 7.04. The molecule has 2 atom stereocenters. The highest BCUT2D eigenvalue weighted by molar-refractivity contribution is 5.98. The number of esters is 1. The van der Waals surface area contributed by atoms with Gasteiger partial charge in [0.15, 0.2) is 5.76 Å². The van der Waals surface area contributed by atoms with Crippen molar-refractivity contribution in [3.8, 4) is 0 Å². The second kappa shape index (κ2) is 5.81. The monoisotopic (exact) mass is 303 g/mol. The zero-order chi connectivity index (χ0) is 15.7. The molecule has 1 aliphatic heterocycles. The summed E-state index contributed by atoms with van der Waals surface area (Å²) in [7, 11) is 2.88. The number of fused-ring (bicyclic) bond motifs is 1. The minimum Gasteiger partial charge on any atom is -0.467 e. The summed E-state index contributed by atoms with van der Waals surface area (Å²) >= 11 is 0. The fourth-order valence-electron chi connectivity index (χ4n) is 2.78. The summed E-state index contributed by atoms with van der Waals surface area (Å²) in [6.07, 6.45) is 0.243. The number of likely N-dealkylation sites (tertiary alicyclic amines) is 1. The average Bonchev–Trinajstić information content (AvgIpc) is 3.17. The number of hydrogen-bond acceptors (Lipinski definition) is 5. The Morgan fingerprint density at radius 1 is 1.27 bits per heavy atom. The van der Waals surface area contributed by atoms with E-state index in [9.17, 15) is 9.59 Å². The molecule has 1 fully saturated rings. The van der Waals surface area contributed by atoms with Crippen molar-refractivity contribution < 1.29 is 23.5 Å². The van der Waals surface area contributed by atoms with Crippen molar-refractivity contribution in [1.29, 1.82) is 0 Å². The van der Waals surface area contributed by atoms with Crippen LogP contribution in [0.25, 0.3) is 11.0 Å². The van der Waals surface area contributed by atoms with Crippen LogP contribution in [0.2, 0.25) is 0 Å². The highest BCUT2D eigenvalue weighted by atomic mass is 16.5. The molecule has 1 aliphatic rings. The molecule has 0 saturated carbocycles. The first-order valence-corrected chi connectivity index (χ1v) is 7.04. The Hall–Kier alpha value is -2.34. The number of nitrogens with zero attached hydrogens (tertiary/aromatic N) is 1. The number of benzene rings is 1. The van der Waals surface area contributed by atoms with Crippen molar-refractivity contribution >= 4 is 22.8 Å². The van der Waals surface area contributed by atoms with Gasteiger partial charge in [-0.2, -0.15) is 0 Å². The average molecular weight is 303 g/mol. The summed E-state index contributed by atoms with van der Waals surface area (Å²) in [5, 5.41) is 0.850. The lowest BCUT2D eigenvalue weighted by Gasteiger charge is -2.21. The van der Waals surface area contributed by atoms with E-state index in [2.05, 4.69) is 0 Å². The van der Waals surface area contributed by atoms with Gasteiger partial charge in [-0.05, 0) is 12.1 Å². The van der Waals surface area contributed by atoms with Crippen LogP contribution >= 0.6 is 0 Å². The predicted molar refractivity (Wildman–Crippen MR) is 78.5 cm³/mol. The maximum atomic E-state index is 12.7. The summed E-state index contributed by atoms with van der Waals surface area (Å²) in [5.41, 5.74) is 0.642. The number of ether oxygens (including phenoxy) is 2. The molecule has 6 nitrogen and oxygen atoms in total. The fourth-order valence-corrected chi connectivity index (χ4v) is 2.78. The van der Waals surface area contributed by atoms with Crippen LogP contribution in [-0.4, -0.2) is 49.7 Å². The van der Waals surface area contributed by atoms with E-state index in [1.54, 1.807) is 19.2 Å². The quantitative estimate of drug-likeness (QED) is 0.809. The largest absolute Gasteiger partial charge is 0.467 e. The molecular weight excluding hydrogens is 286 g/mol. The van der Waals surface area contributed by atoms with E-state index in [-0.39, 0.29) is 17.8 Å². The Morgan fingerprint density at radius 2 is 2.05 bits per heavy atom. The zero-order valence-electron chi connectivity index (χ0n) is 12.4. The van der Waals surface area contributed by atoms with Gasteiger partial charge in [-0.15, -0.1) is 0 Å². The van der Waals surface area contributed by atoms with Crippen LogP contribution in [-0.2, 0) is 14.3 Å². The molecule has 22 heavy (non-hydrogen) atoms. The molecule has 6 heteroatoms. The second-order valence-electron chi connectivity index (χ2n) is 5.24. The Morgan fingerprint density at radius 3 is 2.73 bits per heavy atom. The van der Waals surface area contributed by atoms with Gasteiger partial charge in [0.1, 0.15) is 11.6 Å². The van der Waals surface area contributed by atoms with E-state index in [1.165, 1.54) is 12.0 Å². The summed E-state index contributed by atoms with van der Waals surface area (Å²) in [6, 6.07) is 8.43. The second-order valence-corrected chi connectivity index (χ2v) is 5.24. The minimum atomic E-state index is -0.643. The number of methoxy groups -OCH3 is 2. The Labute approximate surface area is 127 Å². The number of furan rings is 1. The summed E-state index contributed by atoms with van der Waals surface area (Å²) in [6.45, 7) is 0.339. The molecule has 0 bridgehead atoms. The van der Waals surface area contributed by atoms with Crippen LogP contribution < -0.4 is 0 Å². The van der Waals surface area contributed by atoms with Crippen LogP contribution in [0.3, 0.4) is 0 Å². The summed E-state index contributed by atoms with van der Waals surface area (Å²) in [4.78, 5) is 26.0. The van der Waals surface area contributed by atoms with Crippen LogP contribution in [0.1, 0.15) is 17.0 Å². The maximum absolute atomic E-state index is 12.7. The lowest BCUT2D eigenvalue weighted by molar-refractivity contribution is -0.145. The number of carbonyl (C=O) groups excluding carboxylic acids is 2. The standard InChI is InChI=1S/C16H17NO5/c1-20-11-8-12(16(19)21-2)17(9-11)15(18)14-7-10-5-3-4-6-13(10)22-14/h3-7,11-12H,8-9H2,1-2H3/t11-,12+/m0/s1. The number of para-hydroxylation sites is 1. The normalized spacial score (nSPS) is 21.3. The van der Waals surface area contributed by atoms with Crippen LogP contribution in [0.15, 0.2) is 34.7 Å². The Bertz CT molecular complexity index is 674. The maximum Gasteiger partial charge on any atom is 0.328 e. The van der Waals surface area contributed by atoms with Gasteiger partial charge in [0.2, 0.25) is 0 Å². The first-order chi connectivity index (χ1) is 10.6. The van der Waals surface area contributed by atoms with Crippen LogP contribution in [0.4, 0.5) is 0 Å². The van der Waals surface area contributed by atoms with E-state index in [4.69, 9.17) is 13.9 Å². The van der Waals surface area contributed by atoms with Gasteiger partial charge in [-0.25, -0.2) is 4.79 Å². The highest BCUT2D eigenvalue weighted by Crippen LogP contribution is 2.26. The molecule has 1 aromatic heterocycles. The molecule has 2 heterocycles. The third kappa shape index (κ3) is 2.46.